The third-order valence-electron chi connectivity index (χ3n) is 2.28. The highest BCUT2D eigenvalue weighted by atomic mass is 16.3. The van der Waals surface area contributed by atoms with Gasteiger partial charge < -0.3 is 15.5 Å². The summed E-state index contributed by atoms with van der Waals surface area (Å²) in [6, 6.07) is 0. The van der Waals surface area contributed by atoms with E-state index in [0.717, 1.165) is 11.3 Å². The lowest BCUT2D eigenvalue weighted by molar-refractivity contribution is 0.00253. The lowest BCUT2D eigenvalue weighted by Gasteiger charge is -2.20. The largest absolute Gasteiger partial charge is 0.393 e. The fraction of sp³-hybridized carbons (Fsp3) is 0.700. The molecule has 1 aromatic rings. The van der Waals surface area contributed by atoms with Gasteiger partial charge in [-0.3, -0.25) is 4.68 Å². The van der Waals surface area contributed by atoms with Crippen molar-refractivity contribution in [3.63, 3.8) is 0 Å². The number of aryl methyl sites for hydroxylation is 2. The summed E-state index contributed by atoms with van der Waals surface area (Å²) in [5, 5.41) is 25.7. The van der Waals surface area contributed by atoms with E-state index >= 15 is 0 Å². The second-order valence-corrected chi connectivity index (χ2v) is 4.17. The molecule has 0 radical (unpaired) electrons. The number of rotatable bonds is 5. The lowest BCUT2D eigenvalue weighted by atomic mass is 10.1. The summed E-state index contributed by atoms with van der Waals surface area (Å²) in [4.78, 5) is 0. The Hall–Kier alpha value is -0.910. The summed E-state index contributed by atoms with van der Waals surface area (Å²) in [5.41, 5.74) is 1.02. The van der Waals surface area contributed by atoms with Gasteiger partial charge in [-0.1, -0.05) is 0 Å². The maximum Gasteiger partial charge on any atom is 0.0972 e. The van der Waals surface area contributed by atoms with Crippen molar-refractivity contribution < 1.29 is 10.2 Å². The van der Waals surface area contributed by atoms with E-state index in [1.54, 1.807) is 11.6 Å². The van der Waals surface area contributed by atoms with Gasteiger partial charge in [0.1, 0.15) is 0 Å². The van der Waals surface area contributed by atoms with Crippen LogP contribution in [0.4, 0.5) is 0 Å². The molecule has 0 aliphatic carbocycles. The van der Waals surface area contributed by atoms with Crippen molar-refractivity contribution in [1.82, 2.24) is 15.1 Å². The molecule has 5 heteroatoms. The third-order valence-corrected chi connectivity index (χ3v) is 2.28. The monoisotopic (exact) mass is 213 g/mol. The molecule has 0 aliphatic rings. The zero-order valence-electron chi connectivity index (χ0n) is 9.49. The van der Waals surface area contributed by atoms with E-state index in [-0.39, 0.29) is 6.61 Å². The Morgan fingerprint density at radius 2 is 2.27 bits per heavy atom. The highest BCUT2D eigenvalue weighted by Gasteiger charge is 2.18. The van der Waals surface area contributed by atoms with Crippen LogP contribution in [0.5, 0.6) is 0 Å². The van der Waals surface area contributed by atoms with E-state index in [1.807, 2.05) is 20.2 Å². The first-order valence-electron chi connectivity index (χ1n) is 4.98. The van der Waals surface area contributed by atoms with Crippen molar-refractivity contribution in [3.8, 4) is 0 Å². The summed E-state index contributed by atoms with van der Waals surface area (Å²) in [5.74, 6) is 0. The molecule has 0 spiro atoms. The smallest absolute Gasteiger partial charge is 0.0972 e. The van der Waals surface area contributed by atoms with Gasteiger partial charge in [0.25, 0.3) is 0 Å². The number of nitrogens with one attached hydrogen (secondary N) is 1. The van der Waals surface area contributed by atoms with Gasteiger partial charge in [0.05, 0.1) is 17.9 Å². The van der Waals surface area contributed by atoms with Crippen molar-refractivity contribution in [1.29, 1.82) is 0 Å². The molecule has 0 saturated carbocycles. The normalized spacial score (nSPS) is 15.3. The SMILES string of the molecule is Cc1nn(C)cc1CNCC(C)(O)CO. The van der Waals surface area contributed by atoms with Crippen LogP contribution in [0.2, 0.25) is 0 Å². The van der Waals surface area contributed by atoms with E-state index in [0.29, 0.717) is 13.1 Å². The Kier molecular flexibility index (Phi) is 3.84. The molecule has 5 nitrogen and oxygen atoms in total. The van der Waals surface area contributed by atoms with Crippen LogP contribution in [-0.4, -0.2) is 38.7 Å². The van der Waals surface area contributed by atoms with Crippen LogP contribution in [-0.2, 0) is 13.6 Å². The quantitative estimate of drug-likeness (QED) is 0.620. The summed E-state index contributed by atoms with van der Waals surface area (Å²) >= 11 is 0. The number of hydrogen-bond acceptors (Lipinski definition) is 4. The van der Waals surface area contributed by atoms with E-state index in [2.05, 4.69) is 10.4 Å². The van der Waals surface area contributed by atoms with Crippen molar-refractivity contribution in [3.05, 3.63) is 17.5 Å². The molecule has 0 fully saturated rings. The maximum atomic E-state index is 9.54. The van der Waals surface area contributed by atoms with Crippen LogP contribution < -0.4 is 5.32 Å². The first-order valence-corrected chi connectivity index (χ1v) is 4.98. The van der Waals surface area contributed by atoms with Gasteiger partial charge in [0, 0.05) is 31.9 Å². The van der Waals surface area contributed by atoms with Gasteiger partial charge in [-0.15, -0.1) is 0 Å². The van der Waals surface area contributed by atoms with E-state index in [9.17, 15) is 5.11 Å². The van der Waals surface area contributed by atoms with Gasteiger partial charge in [-0.2, -0.15) is 5.10 Å². The first kappa shape index (κ1) is 12.2. The second-order valence-electron chi connectivity index (χ2n) is 4.17. The molecule has 0 bridgehead atoms. The Balaban J connectivity index is 2.41. The molecule has 0 aromatic carbocycles. The molecule has 3 N–H and O–H groups in total. The molecular weight excluding hydrogens is 194 g/mol. The molecule has 1 heterocycles. The Labute approximate surface area is 89.7 Å². The molecule has 1 rings (SSSR count). The van der Waals surface area contributed by atoms with Gasteiger partial charge >= 0.3 is 0 Å². The van der Waals surface area contributed by atoms with Crippen molar-refractivity contribution >= 4 is 0 Å². The fourth-order valence-corrected chi connectivity index (χ4v) is 1.34. The average Bonchev–Trinajstić information content (AvgIpc) is 2.45. The Morgan fingerprint density at radius 3 is 2.73 bits per heavy atom. The topological polar surface area (TPSA) is 70.3 Å². The Morgan fingerprint density at radius 1 is 1.60 bits per heavy atom. The molecule has 86 valence electrons. The van der Waals surface area contributed by atoms with Crippen molar-refractivity contribution in [2.24, 2.45) is 7.05 Å². The predicted molar refractivity (Wildman–Crippen MR) is 57.4 cm³/mol. The predicted octanol–water partition coefficient (Wildman–Crippen LogP) is -0.439. The molecule has 15 heavy (non-hydrogen) atoms. The van der Waals surface area contributed by atoms with E-state index in [4.69, 9.17) is 5.11 Å². The van der Waals surface area contributed by atoms with Crippen molar-refractivity contribution in [2.45, 2.75) is 26.0 Å². The molecule has 1 unspecified atom stereocenters. The fourth-order valence-electron chi connectivity index (χ4n) is 1.34. The summed E-state index contributed by atoms with van der Waals surface area (Å²) < 4.78 is 1.76. The highest BCUT2D eigenvalue weighted by Crippen LogP contribution is 2.05. The van der Waals surface area contributed by atoms with Crippen LogP contribution >= 0.6 is 0 Å². The zero-order chi connectivity index (χ0) is 11.5. The highest BCUT2D eigenvalue weighted by molar-refractivity contribution is 5.14. The van der Waals surface area contributed by atoms with Crippen LogP contribution in [0.3, 0.4) is 0 Å². The molecular formula is C10H19N3O2. The summed E-state index contributed by atoms with van der Waals surface area (Å²) in [7, 11) is 1.88. The number of aliphatic hydroxyl groups is 2. The Bertz CT molecular complexity index is 320. The molecule has 0 saturated heterocycles. The number of hydrogen-bond donors (Lipinski definition) is 3. The standard InChI is InChI=1S/C10H19N3O2/c1-8-9(5-13(3)12-8)4-11-6-10(2,15)7-14/h5,11,14-15H,4,6-7H2,1-3H3. The van der Waals surface area contributed by atoms with E-state index < -0.39 is 5.60 Å². The minimum absolute atomic E-state index is 0.244. The summed E-state index contributed by atoms with van der Waals surface area (Å²) in [6.45, 7) is 4.30. The first-order chi connectivity index (χ1) is 6.94. The van der Waals surface area contributed by atoms with Crippen LogP contribution in [0.25, 0.3) is 0 Å². The van der Waals surface area contributed by atoms with Crippen LogP contribution in [0, 0.1) is 6.92 Å². The number of aliphatic hydroxyl groups excluding tert-OH is 1. The zero-order valence-corrected chi connectivity index (χ0v) is 9.49. The minimum Gasteiger partial charge on any atom is -0.393 e. The number of aromatic nitrogens is 2. The molecule has 0 aliphatic heterocycles. The van der Waals surface area contributed by atoms with Crippen molar-refractivity contribution in [2.75, 3.05) is 13.2 Å². The van der Waals surface area contributed by atoms with Gasteiger partial charge in [-0.25, -0.2) is 0 Å². The maximum absolute atomic E-state index is 9.54. The molecule has 1 atom stereocenters. The number of nitrogens with zero attached hydrogens (tertiary/aromatic N) is 2. The molecule has 0 amide bonds. The molecule has 1 aromatic heterocycles. The van der Waals surface area contributed by atoms with Crippen LogP contribution in [0.15, 0.2) is 6.20 Å². The van der Waals surface area contributed by atoms with Crippen LogP contribution in [0.1, 0.15) is 18.2 Å². The third kappa shape index (κ3) is 3.62. The summed E-state index contributed by atoms with van der Waals surface area (Å²) in [6.07, 6.45) is 1.94. The van der Waals surface area contributed by atoms with Gasteiger partial charge in [0.2, 0.25) is 0 Å². The van der Waals surface area contributed by atoms with Gasteiger partial charge in [-0.05, 0) is 13.8 Å². The minimum atomic E-state index is -1.06. The lowest BCUT2D eigenvalue weighted by Crippen LogP contribution is -2.40. The average molecular weight is 213 g/mol. The van der Waals surface area contributed by atoms with E-state index in [1.165, 1.54) is 0 Å². The van der Waals surface area contributed by atoms with Gasteiger partial charge in [0.15, 0.2) is 0 Å². The second kappa shape index (κ2) is 4.74.